The molecule has 0 fully saturated rings. The van der Waals surface area contributed by atoms with E-state index < -0.39 is 5.92 Å². The van der Waals surface area contributed by atoms with E-state index in [1.807, 2.05) is 54.6 Å². The first-order valence-corrected chi connectivity index (χ1v) is 12.0. The summed E-state index contributed by atoms with van der Waals surface area (Å²) in [5.74, 6) is 0.147. The molecule has 0 amide bonds. The van der Waals surface area contributed by atoms with E-state index in [0.29, 0.717) is 35.2 Å². The Morgan fingerprint density at radius 3 is 2.64 bits per heavy atom. The largest absolute Gasteiger partial charge is 0.497 e. The van der Waals surface area contributed by atoms with Gasteiger partial charge in [-0.05, 0) is 48.2 Å². The molecule has 5 rings (SSSR count). The predicted molar refractivity (Wildman–Crippen MR) is 140 cm³/mol. The van der Waals surface area contributed by atoms with Crippen molar-refractivity contribution in [3.05, 3.63) is 88.0 Å². The molecular weight excluding hydrogens is 474 g/mol. The molecule has 0 bridgehead atoms. The van der Waals surface area contributed by atoms with E-state index in [4.69, 9.17) is 22.1 Å². The van der Waals surface area contributed by atoms with E-state index in [1.165, 1.54) is 0 Å². The molecule has 182 valence electrons. The van der Waals surface area contributed by atoms with Gasteiger partial charge in [0.15, 0.2) is 5.78 Å². The fourth-order valence-electron chi connectivity index (χ4n) is 5.07. The number of allylic oxidation sites excluding steroid dienone is 3. The molecule has 36 heavy (non-hydrogen) atoms. The number of ether oxygens (including phenoxy) is 1. The van der Waals surface area contributed by atoms with Crippen LogP contribution in [-0.4, -0.2) is 22.9 Å². The number of hydrazine groups is 1. The van der Waals surface area contributed by atoms with Gasteiger partial charge in [-0.2, -0.15) is 5.26 Å². The van der Waals surface area contributed by atoms with Crippen LogP contribution in [0, 0.1) is 16.7 Å². The number of Topliss-reactive ketones (excluding diaryl/α,β-unsaturated/α-hetero) is 1. The van der Waals surface area contributed by atoms with E-state index >= 15 is 0 Å². The Bertz CT molecular complexity index is 1490. The highest BCUT2D eigenvalue weighted by Crippen LogP contribution is 2.50. The number of nitrogens with one attached hydrogen (secondary N) is 1. The smallest absolute Gasteiger partial charge is 0.162 e. The van der Waals surface area contributed by atoms with Crippen LogP contribution in [0.1, 0.15) is 38.2 Å². The minimum absolute atomic E-state index is 0.0341. The summed E-state index contributed by atoms with van der Waals surface area (Å²) in [6.45, 7) is 4.11. The maximum atomic E-state index is 13.7. The number of halogens is 1. The number of nitrogens with zero attached hydrogens (tertiary/aromatic N) is 3. The molecule has 3 N–H and O–H groups in total. The minimum Gasteiger partial charge on any atom is -0.497 e. The molecule has 1 aromatic heterocycles. The molecule has 1 aliphatic carbocycles. The van der Waals surface area contributed by atoms with E-state index in [1.54, 1.807) is 12.1 Å². The van der Waals surface area contributed by atoms with Gasteiger partial charge in [0.25, 0.3) is 0 Å². The normalized spacial score (nSPS) is 19.2. The second-order valence-electron chi connectivity index (χ2n) is 9.89. The topological polar surface area (TPSA) is 104 Å². The van der Waals surface area contributed by atoms with Crippen molar-refractivity contribution < 1.29 is 9.53 Å². The molecule has 1 unspecified atom stereocenters. The summed E-state index contributed by atoms with van der Waals surface area (Å²) >= 11 is 6.70. The molecule has 3 aromatic rings. The molecule has 1 aliphatic heterocycles. The van der Waals surface area contributed by atoms with Gasteiger partial charge in [-0.3, -0.25) is 10.2 Å². The molecule has 2 heterocycles. The number of fused-ring (bicyclic) bond motifs is 1. The summed E-state index contributed by atoms with van der Waals surface area (Å²) < 4.78 is 5.37. The zero-order chi connectivity index (χ0) is 25.6. The quantitative estimate of drug-likeness (QED) is 0.446. The molecule has 0 spiro atoms. The van der Waals surface area contributed by atoms with Crippen molar-refractivity contribution in [3.63, 3.8) is 0 Å². The zero-order valence-electron chi connectivity index (χ0n) is 20.3. The molecule has 8 heteroatoms. The summed E-state index contributed by atoms with van der Waals surface area (Å²) in [6, 6.07) is 19.2. The lowest BCUT2D eigenvalue weighted by Gasteiger charge is -2.43. The van der Waals surface area contributed by atoms with Gasteiger partial charge < -0.3 is 10.5 Å². The molecule has 0 saturated heterocycles. The van der Waals surface area contributed by atoms with E-state index in [2.05, 4.69) is 30.3 Å². The standard InChI is InChI=1S/C28H26ClN5O2/c1-28(2)13-22-25(23(35)14-28)24(19-12-16-11-18(36-3)9-10-21(16)32-26(19)29)20(15-30)27(31)34(22)33-17-7-5-4-6-8-17/h4-12,24,33H,13-14,31H2,1-3H3. The van der Waals surface area contributed by atoms with Crippen LogP contribution in [0.3, 0.4) is 0 Å². The number of hydrogen-bond donors (Lipinski definition) is 2. The van der Waals surface area contributed by atoms with Crippen LogP contribution in [0.2, 0.25) is 5.15 Å². The van der Waals surface area contributed by atoms with Crippen molar-refractivity contribution in [2.24, 2.45) is 11.1 Å². The third-order valence-electron chi connectivity index (χ3n) is 6.71. The van der Waals surface area contributed by atoms with E-state index in [0.717, 1.165) is 16.8 Å². The summed E-state index contributed by atoms with van der Waals surface area (Å²) in [5.41, 5.74) is 13.2. The van der Waals surface area contributed by atoms with Gasteiger partial charge in [0.1, 0.15) is 16.7 Å². The van der Waals surface area contributed by atoms with Crippen LogP contribution in [0.25, 0.3) is 10.9 Å². The monoisotopic (exact) mass is 499 g/mol. The number of nitriles is 1. The maximum absolute atomic E-state index is 13.7. The van der Waals surface area contributed by atoms with E-state index in [9.17, 15) is 10.1 Å². The Balaban J connectivity index is 1.74. The Hall–Kier alpha value is -4.02. The number of nitrogens with two attached hydrogens (primary N) is 1. The highest BCUT2D eigenvalue weighted by Gasteiger charge is 2.45. The molecule has 2 aliphatic rings. The molecule has 0 radical (unpaired) electrons. The Labute approximate surface area is 214 Å². The van der Waals surface area contributed by atoms with Crippen molar-refractivity contribution >= 4 is 34.0 Å². The second kappa shape index (κ2) is 8.89. The first-order valence-electron chi connectivity index (χ1n) is 11.6. The minimum atomic E-state index is -0.724. The highest BCUT2D eigenvalue weighted by molar-refractivity contribution is 6.31. The molecule has 0 saturated carbocycles. The van der Waals surface area contributed by atoms with Gasteiger partial charge in [-0.1, -0.05) is 43.6 Å². The fourth-order valence-corrected chi connectivity index (χ4v) is 5.32. The van der Waals surface area contributed by atoms with Gasteiger partial charge in [-0.15, -0.1) is 0 Å². The molecular formula is C28H26ClN5O2. The average molecular weight is 500 g/mol. The van der Waals surface area contributed by atoms with Gasteiger partial charge in [0.05, 0.1) is 41.6 Å². The van der Waals surface area contributed by atoms with Crippen LogP contribution in [-0.2, 0) is 4.79 Å². The number of aromatic nitrogens is 1. The van der Waals surface area contributed by atoms with Crippen molar-refractivity contribution in [1.29, 1.82) is 5.26 Å². The summed E-state index contributed by atoms with van der Waals surface area (Å²) in [4.78, 5) is 18.3. The second-order valence-corrected chi connectivity index (χ2v) is 10.2. The Kier molecular flexibility index (Phi) is 5.85. The van der Waals surface area contributed by atoms with Gasteiger partial charge in [0, 0.05) is 22.9 Å². The lowest BCUT2D eigenvalue weighted by atomic mass is 9.69. The van der Waals surface area contributed by atoms with Crippen molar-refractivity contribution in [2.45, 2.75) is 32.6 Å². The predicted octanol–water partition coefficient (Wildman–Crippen LogP) is 5.66. The number of anilines is 1. The number of ketones is 1. The lowest BCUT2D eigenvalue weighted by Crippen LogP contribution is -2.44. The number of carbonyl (C=O) groups is 1. The third kappa shape index (κ3) is 4.04. The average Bonchev–Trinajstić information content (AvgIpc) is 2.85. The van der Waals surface area contributed by atoms with Crippen LogP contribution >= 0.6 is 11.6 Å². The van der Waals surface area contributed by atoms with Crippen molar-refractivity contribution in [1.82, 2.24) is 9.99 Å². The molecule has 1 atom stereocenters. The number of benzene rings is 2. The van der Waals surface area contributed by atoms with Gasteiger partial charge in [0.2, 0.25) is 0 Å². The number of carbonyl (C=O) groups excluding carboxylic acids is 1. The SMILES string of the molecule is COc1ccc2nc(Cl)c(C3C(C#N)=C(N)N(Nc4ccccc4)C4=C3C(=O)CC(C)(C)C4)cc2c1. The number of rotatable bonds is 4. The van der Waals surface area contributed by atoms with Crippen LogP contribution in [0.15, 0.2) is 77.3 Å². The lowest BCUT2D eigenvalue weighted by molar-refractivity contribution is -0.118. The first kappa shape index (κ1) is 23.7. The number of methoxy groups -OCH3 is 1. The highest BCUT2D eigenvalue weighted by atomic mass is 35.5. The van der Waals surface area contributed by atoms with Crippen LogP contribution in [0.4, 0.5) is 5.69 Å². The summed E-state index contributed by atoms with van der Waals surface area (Å²) in [5, 5.41) is 13.0. The van der Waals surface area contributed by atoms with Crippen LogP contribution < -0.4 is 15.9 Å². The number of hydrogen-bond acceptors (Lipinski definition) is 7. The van der Waals surface area contributed by atoms with Gasteiger partial charge in [-0.25, -0.2) is 9.99 Å². The summed E-state index contributed by atoms with van der Waals surface area (Å²) in [6.07, 6.45) is 0.947. The number of pyridine rings is 1. The van der Waals surface area contributed by atoms with Crippen molar-refractivity contribution in [2.75, 3.05) is 12.5 Å². The Morgan fingerprint density at radius 2 is 1.94 bits per heavy atom. The first-order chi connectivity index (χ1) is 17.2. The fraction of sp³-hybridized carbons (Fsp3) is 0.250. The number of para-hydroxylation sites is 1. The Morgan fingerprint density at radius 1 is 1.19 bits per heavy atom. The zero-order valence-corrected chi connectivity index (χ0v) is 21.1. The summed E-state index contributed by atoms with van der Waals surface area (Å²) in [7, 11) is 1.59. The van der Waals surface area contributed by atoms with Crippen LogP contribution in [0.5, 0.6) is 5.75 Å². The van der Waals surface area contributed by atoms with E-state index in [-0.39, 0.29) is 27.7 Å². The third-order valence-corrected chi connectivity index (χ3v) is 7.01. The van der Waals surface area contributed by atoms with Gasteiger partial charge >= 0.3 is 0 Å². The molecule has 7 nitrogen and oxygen atoms in total. The van der Waals surface area contributed by atoms with Crippen molar-refractivity contribution in [3.8, 4) is 11.8 Å². The maximum Gasteiger partial charge on any atom is 0.162 e. The molecule has 2 aromatic carbocycles.